The maximum Gasteiger partial charge on any atom is 0.323 e. The minimum atomic E-state index is -0.888. The van der Waals surface area contributed by atoms with Gasteiger partial charge in [0.1, 0.15) is 5.54 Å². The van der Waals surface area contributed by atoms with Gasteiger partial charge in [0, 0.05) is 10.5 Å². The third-order valence-corrected chi connectivity index (χ3v) is 4.51. The van der Waals surface area contributed by atoms with E-state index in [4.69, 9.17) is 0 Å². The fourth-order valence-corrected chi connectivity index (χ4v) is 3.13. The number of hydrogen-bond acceptors (Lipinski definition) is 4. The van der Waals surface area contributed by atoms with Gasteiger partial charge < -0.3 is 15.5 Å². The number of carboxylic acid groups (broad SMARTS) is 1. The van der Waals surface area contributed by atoms with E-state index in [1.54, 1.807) is 25.6 Å². The number of thioether (sulfide) groups is 1. The van der Waals surface area contributed by atoms with Crippen molar-refractivity contribution in [1.82, 2.24) is 5.32 Å². The molecule has 0 saturated carbocycles. The third kappa shape index (κ3) is 6.07. The fourth-order valence-electron chi connectivity index (χ4n) is 1.74. The molecular weight excluding hydrogens is 250 g/mol. The predicted molar refractivity (Wildman–Crippen MR) is 77.1 cm³/mol. The van der Waals surface area contributed by atoms with Crippen molar-refractivity contribution in [3.05, 3.63) is 0 Å². The molecule has 0 rings (SSSR count). The van der Waals surface area contributed by atoms with Gasteiger partial charge in [-0.05, 0) is 33.2 Å². The van der Waals surface area contributed by atoms with E-state index in [9.17, 15) is 15.0 Å². The number of aliphatic hydroxyl groups excluding tert-OH is 1. The number of carbonyl (C=O) groups is 1. The van der Waals surface area contributed by atoms with Gasteiger partial charge in [-0.15, -0.1) is 0 Å². The van der Waals surface area contributed by atoms with Crippen LogP contribution in [0.3, 0.4) is 0 Å². The number of carboxylic acids is 1. The molecular formula is C13H27NO3S. The minimum Gasteiger partial charge on any atom is -0.480 e. The summed E-state index contributed by atoms with van der Waals surface area (Å²) in [6, 6.07) is 0. The summed E-state index contributed by atoms with van der Waals surface area (Å²) in [4.78, 5) is 11.4. The number of hydrogen-bond donors (Lipinski definition) is 3. The Morgan fingerprint density at radius 3 is 2.33 bits per heavy atom. The standard InChI is InChI=1S/C13H27NO3S/c1-6-7-14-13(5,12(16)17)8-9(2)18-11(4)10(3)15/h9-11,14-15H,6-8H2,1-5H3,(H,16,17). The molecule has 0 aliphatic heterocycles. The second-order valence-electron chi connectivity index (χ2n) is 5.16. The lowest BCUT2D eigenvalue weighted by molar-refractivity contribution is -0.144. The fraction of sp³-hybridized carbons (Fsp3) is 0.923. The highest BCUT2D eigenvalue weighted by atomic mass is 32.2. The molecule has 0 saturated heterocycles. The molecule has 5 heteroatoms. The maximum absolute atomic E-state index is 11.4. The van der Waals surface area contributed by atoms with Crippen LogP contribution in [0.4, 0.5) is 0 Å². The van der Waals surface area contributed by atoms with Crippen LogP contribution in [0.5, 0.6) is 0 Å². The summed E-state index contributed by atoms with van der Waals surface area (Å²) in [5.41, 5.74) is -0.888. The van der Waals surface area contributed by atoms with Crippen LogP contribution >= 0.6 is 11.8 Å². The monoisotopic (exact) mass is 277 g/mol. The molecule has 4 nitrogen and oxygen atoms in total. The first-order valence-electron chi connectivity index (χ1n) is 6.55. The molecule has 0 aromatic rings. The van der Waals surface area contributed by atoms with Gasteiger partial charge in [-0.3, -0.25) is 4.79 Å². The molecule has 18 heavy (non-hydrogen) atoms. The largest absolute Gasteiger partial charge is 0.480 e. The second-order valence-corrected chi connectivity index (χ2v) is 6.98. The molecule has 0 fully saturated rings. The van der Waals surface area contributed by atoms with Gasteiger partial charge in [0.05, 0.1) is 6.10 Å². The van der Waals surface area contributed by atoms with Crippen LogP contribution in [-0.4, -0.2) is 44.9 Å². The summed E-state index contributed by atoms with van der Waals surface area (Å²) < 4.78 is 0. The average molecular weight is 277 g/mol. The van der Waals surface area contributed by atoms with E-state index in [0.717, 1.165) is 6.42 Å². The first-order valence-corrected chi connectivity index (χ1v) is 7.49. The van der Waals surface area contributed by atoms with Gasteiger partial charge >= 0.3 is 5.97 Å². The molecule has 0 aliphatic carbocycles. The van der Waals surface area contributed by atoms with Gasteiger partial charge in [0.2, 0.25) is 0 Å². The highest BCUT2D eigenvalue weighted by Crippen LogP contribution is 2.27. The molecule has 4 atom stereocenters. The Kier molecular flexibility index (Phi) is 7.90. The summed E-state index contributed by atoms with van der Waals surface area (Å²) >= 11 is 1.63. The molecule has 0 heterocycles. The molecule has 0 spiro atoms. The summed E-state index contributed by atoms with van der Waals surface area (Å²) in [5, 5.41) is 22.2. The van der Waals surface area contributed by atoms with Crippen LogP contribution in [0.1, 0.15) is 47.5 Å². The molecule has 0 aromatic heterocycles. The Balaban J connectivity index is 4.44. The topological polar surface area (TPSA) is 69.6 Å². The Bertz CT molecular complexity index is 261. The Labute approximate surface area is 115 Å². The van der Waals surface area contributed by atoms with Crippen molar-refractivity contribution in [3.63, 3.8) is 0 Å². The zero-order valence-corrected chi connectivity index (χ0v) is 12.9. The lowest BCUT2D eigenvalue weighted by atomic mass is 9.96. The third-order valence-electron chi connectivity index (χ3n) is 3.06. The van der Waals surface area contributed by atoms with E-state index in [2.05, 4.69) is 5.32 Å². The Morgan fingerprint density at radius 2 is 1.94 bits per heavy atom. The van der Waals surface area contributed by atoms with Crippen molar-refractivity contribution in [2.24, 2.45) is 0 Å². The van der Waals surface area contributed by atoms with Crippen molar-refractivity contribution in [3.8, 4) is 0 Å². The van der Waals surface area contributed by atoms with Crippen molar-refractivity contribution in [2.75, 3.05) is 6.54 Å². The predicted octanol–water partition coefficient (Wildman–Crippen LogP) is 2.11. The molecule has 0 radical (unpaired) electrons. The molecule has 0 bridgehead atoms. The highest BCUT2D eigenvalue weighted by molar-refractivity contribution is 8.00. The van der Waals surface area contributed by atoms with Crippen LogP contribution in [0.25, 0.3) is 0 Å². The smallest absolute Gasteiger partial charge is 0.323 e. The zero-order chi connectivity index (χ0) is 14.3. The van der Waals surface area contributed by atoms with E-state index in [1.807, 2.05) is 20.8 Å². The zero-order valence-electron chi connectivity index (χ0n) is 12.1. The summed E-state index contributed by atoms with van der Waals surface area (Å²) in [6.45, 7) is 10.2. The summed E-state index contributed by atoms with van der Waals surface area (Å²) in [5.74, 6) is -0.812. The van der Waals surface area contributed by atoms with E-state index in [1.165, 1.54) is 0 Å². The average Bonchev–Trinajstić information content (AvgIpc) is 2.25. The van der Waals surface area contributed by atoms with Gasteiger partial charge in [-0.25, -0.2) is 0 Å². The van der Waals surface area contributed by atoms with Crippen LogP contribution in [0.2, 0.25) is 0 Å². The number of aliphatic hydroxyl groups is 1. The van der Waals surface area contributed by atoms with Crippen molar-refractivity contribution < 1.29 is 15.0 Å². The maximum atomic E-state index is 11.4. The van der Waals surface area contributed by atoms with E-state index in [0.29, 0.717) is 13.0 Å². The van der Waals surface area contributed by atoms with Crippen LogP contribution in [-0.2, 0) is 4.79 Å². The molecule has 0 amide bonds. The van der Waals surface area contributed by atoms with E-state index >= 15 is 0 Å². The SMILES string of the molecule is CCCNC(C)(CC(C)SC(C)C(C)O)C(=O)O. The second kappa shape index (κ2) is 8.02. The Morgan fingerprint density at radius 1 is 1.39 bits per heavy atom. The molecule has 0 aromatic carbocycles. The van der Waals surface area contributed by atoms with E-state index in [-0.39, 0.29) is 16.6 Å². The van der Waals surface area contributed by atoms with Crippen LogP contribution in [0, 0.1) is 0 Å². The molecule has 4 unspecified atom stereocenters. The molecule has 3 N–H and O–H groups in total. The van der Waals surface area contributed by atoms with Gasteiger partial charge in [0.25, 0.3) is 0 Å². The Hall–Kier alpha value is -0.260. The van der Waals surface area contributed by atoms with Crippen molar-refractivity contribution in [2.45, 2.75) is 69.6 Å². The lowest BCUT2D eigenvalue weighted by Crippen LogP contribution is -2.51. The highest BCUT2D eigenvalue weighted by Gasteiger charge is 2.34. The first kappa shape index (κ1) is 17.7. The quantitative estimate of drug-likeness (QED) is 0.602. The normalized spacial score (nSPS) is 19.9. The molecule has 0 aliphatic rings. The van der Waals surface area contributed by atoms with Gasteiger partial charge in [-0.2, -0.15) is 11.8 Å². The van der Waals surface area contributed by atoms with Gasteiger partial charge in [0.15, 0.2) is 0 Å². The number of nitrogens with one attached hydrogen (secondary N) is 1. The molecule has 108 valence electrons. The summed E-state index contributed by atoms with van der Waals surface area (Å²) in [7, 11) is 0. The van der Waals surface area contributed by atoms with E-state index < -0.39 is 11.5 Å². The van der Waals surface area contributed by atoms with Gasteiger partial charge in [-0.1, -0.05) is 20.8 Å². The van der Waals surface area contributed by atoms with Crippen molar-refractivity contribution in [1.29, 1.82) is 0 Å². The lowest BCUT2D eigenvalue weighted by Gasteiger charge is -2.30. The minimum absolute atomic E-state index is 0.115. The number of aliphatic carboxylic acids is 1. The van der Waals surface area contributed by atoms with Crippen LogP contribution < -0.4 is 5.32 Å². The van der Waals surface area contributed by atoms with Crippen molar-refractivity contribution >= 4 is 17.7 Å². The number of rotatable bonds is 9. The first-order chi connectivity index (χ1) is 8.23. The summed E-state index contributed by atoms with van der Waals surface area (Å²) in [6.07, 6.45) is 1.08. The van der Waals surface area contributed by atoms with Crippen LogP contribution in [0.15, 0.2) is 0 Å².